The molecule has 0 amide bonds. The van der Waals surface area contributed by atoms with Crippen LogP contribution in [-0.4, -0.2) is 26.2 Å². The molecule has 0 bridgehead atoms. The molecule has 1 aromatic heterocycles. The number of carbonyl (C=O) groups is 2. The van der Waals surface area contributed by atoms with Crippen molar-refractivity contribution in [2.24, 2.45) is 0 Å². The van der Waals surface area contributed by atoms with Crippen LogP contribution in [0.4, 0.5) is 0 Å². The Morgan fingerprint density at radius 3 is 2.60 bits per heavy atom. The van der Waals surface area contributed by atoms with E-state index >= 15 is 0 Å². The maximum Gasteiger partial charge on any atom is 0.348 e. The fraction of sp³-hybridized carbons (Fsp3) is 0.200. The van der Waals surface area contributed by atoms with Crippen LogP contribution in [-0.2, 0) is 14.3 Å². The maximum absolute atomic E-state index is 11.1. The lowest BCUT2D eigenvalue weighted by molar-refractivity contribution is -0.134. The van der Waals surface area contributed by atoms with Gasteiger partial charge < -0.3 is 9.47 Å². The number of hydrogen-bond acceptors (Lipinski definition) is 5. The monoisotopic (exact) mass is 226 g/mol. The summed E-state index contributed by atoms with van der Waals surface area (Å²) in [6.45, 7) is 0. The Bertz CT molecular complexity index is 392. The normalized spacial score (nSPS) is 10.3. The molecule has 0 unspecified atom stereocenters. The van der Waals surface area contributed by atoms with E-state index in [1.54, 1.807) is 18.2 Å². The molecule has 0 spiro atoms. The Kier molecular flexibility index (Phi) is 4.05. The van der Waals surface area contributed by atoms with Crippen LogP contribution >= 0.6 is 11.3 Å². The van der Waals surface area contributed by atoms with Crippen molar-refractivity contribution in [2.45, 2.75) is 0 Å². The van der Waals surface area contributed by atoms with Crippen molar-refractivity contribution >= 4 is 29.4 Å². The zero-order chi connectivity index (χ0) is 11.3. The van der Waals surface area contributed by atoms with Gasteiger partial charge in [-0.15, -0.1) is 11.3 Å². The van der Waals surface area contributed by atoms with E-state index < -0.39 is 5.97 Å². The predicted octanol–water partition coefficient (Wildman–Crippen LogP) is 1.72. The third-order valence-electron chi connectivity index (χ3n) is 1.60. The maximum atomic E-state index is 11.1. The molecule has 1 aromatic rings. The van der Waals surface area contributed by atoms with Crippen molar-refractivity contribution in [1.82, 2.24) is 0 Å². The van der Waals surface area contributed by atoms with Crippen molar-refractivity contribution in [3.8, 4) is 0 Å². The molecular formula is C10H10O4S. The van der Waals surface area contributed by atoms with Crippen LogP contribution in [0.2, 0.25) is 0 Å². The smallest absolute Gasteiger partial charge is 0.348 e. The second kappa shape index (κ2) is 5.31. The fourth-order valence-corrected chi connectivity index (χ4v) is 1.70. The van der Waals surface area contributed by atoms with Crippen molar-refractivity contribution in [3.05, 3.63) is 28.0 Å². The molecule has 0 aliphatic rings. The molecule has 0 fully saturated rings. The third-order valence-corrected chi connectivity index (χ3v) is 2.63. The van der Waals surface area contributed by atoms with E-state index in [2.05, 4.69) is 9.47 Å². The van der Waals surface area contributed by atoms with Crippen LogP contribution in [0.5, 0.6) is 0 Å². The molecular weight excluding hydrogens is 216 g/mol. The van der Waals surface area contributed by atoms with Crippen LogP contribution in [0.25, 0.3) is 6.08 Å². The minimum Gasteiger partial charge on any atom is -0.466 e. The Morgan fingerprint density at radius 2 is 2.00 bits per heavy atom. The highest BCUT2D eigenvalue weighted by molar-refractivity contribution is 7.14. The third kappa shape index (κ3) is 3.21. The number of hydrogen-bond donors (Lipinski definition) is 0. The van der Waals surface area contributed by atoms with E-state index in [1.807, 2.05) is 0 Å². The van der Waals surface area contributed by atoms with Gasteiger partial charge in [0.1, 0.15) is 4.88 Å². The van der Waals surface area contributed by atoms with E-state index in [4.69, 9.17) is 0 Å². The van der Waals surface area contributed by atoms with Gasteiger partial charge in [-0.05, 0) is 18.2 Å². The summed E-state index contributed by atoms with van der Waals surface area (Å²) in [7, 11) is 2.63. The van der Waals surface area contributed by atoms with Gasteiger partial charge in [0, 0.05) is 11.0 Å². The first-order chi connectivity index (χ1) is 7.17. The lowest BCUT2D eigenvalue weighted by atomic mass is 10.4. The van der Waals surface area contributed by atoms with Gasteiger partial charge in [0.25, 0.3) is 0 Å². The molecule has 0 aromatic carbocycles. The molecule has 0 aliphatic heterocycles. The molecule has 4 nitrogen and oxygen atoms in total. The summed E-state index contributed by atoms with van der Waals surface area (Å²) < 4.78 is 8.99. The molecule has 1 rings (SSSR count). The summed E-state index contributed by atoms with van der Waals surface area (Å²) in [5.74, 6) is -0.805. The molecule has 80 valence electrons. The van der Waals surface area contributed by atoms with Crippen molar-refractivity contribution in [2.75, 3.05) is 14.2 Å². The molecule has 0 atom stereocenters. The van der Waals surface area contributed by atoms with E-state index in [1.165, 1.54) is 31.6 Å². The summed E-state index contributed by atoms with van der Waals surface area (Å²) >= 11 is 1.25. The zero-order valence-electron chi connectivity index (χ0n) is 8.35. The number of rotatable bonds is 3. The molecule has 0 N–H and O–H groups in total. The van der Waals surface area contributed by atoms with Gasteiger partial charge in [-0.2, -0.15) is 0 Å². The van der Waals surface area contributed by atoms with Gasteiger partial charge in [-0.3, -0.25) is 0 Å². The topological polar surface area (TPSA) is 52.6 Å². The van der Waals surface area contributed by atoms with Gasteiger partial charge in [-0.1, -0.05) is 0 Å². The predicted molar refractivity (Wildman–Crippen MR) is 56.7 cm³/mol. The lowest BCUT2D eigenvalue weighted by Gasteiger charge is -1.91. The number of carbonyl (C=O) groups excluding carboxylic acids is 2. The first-order valence-electron chi connectivity index (χ1n) is 4.11. The largest absolute Gasteiger partial charge is 0.466 e. The highest BCUT2D eigenvalue weighted by Crippen LogP contribution is 2.18. The summed E-state index contributed by atoms with van der Waals surface area (Å²) in [5, 5.41) is 0. The van der Waals surface area contributed by atoms with Crippen LogP contribution in [0.1, 0.15) is 14.5 Å². The summed E-state index contributed by atoms with van der Waals surface area (Å²) in [6, 6.07) is 3.38. The Morgan fingerprint density at radius 1 is 1.27 bits per heavy atom. The van der Waals surface area contributed by atoms with Gasteiger partial charge >= 0.3 is 11.9 Å². The van der Waals surface area contributed by atoms with Crippen molar-refractivity contribution < 1.29 is 19.1 Å². The first kappa shape index (κ1) is 11.5. The quantitative estimate of drug-likeness (QED) is 0.581. The number of esters is 2. The van der Waals surface area contributed by atoms with Crippen LogP contribution < -0.4 is 0 Å². The average Bonchev–Trinajstić information content (AvgIpc) is 2.73. The van der Waals surface area contributed by atoms with Crippen LogP contribution in [0, 0.1) is 0 Å². The second-order valence-corrected chi connectivity index (χ2v) is 3.67. The standard InChI is InChI=1S/C10H10O4S/c1-13-9(11)6-4-7-3-5-8(15-7)10(12)14-2/h3-6H,1-2H3/b6-4+. The van der Waals surface area contributed by atoms with E-state index in [0.29, 0.717) is 4.88 Å². The molecule has 0 aliphatic carbocycles. The minimum atomic E-state index is -0.428. The highest BCUT2D eigenvalue weighted by Gasteiger charge is 2.07. The number of ether oxygens (including phenoxy) is 2. The summed E-state index contributed by atoms with van der Waals surface area (Å²) in [4.78, 5) is 23.2. The van der Waals surface area contributed by atoms with E-state index in [-0.39, 0.29) is 5.97 Å². The Labute approximate surface area is 91.1 Å². The Balaban J connectivity index is 2.72. The molecule has 1 heterocycles. The second-order valence-electron chi connectivity index (χ2n) is 2.55. The summed E-state index contributed by atoms with van der Waals surface area (Å²) in [6.07, 6.45) is 2.88. The van der Waals surface area contributed by atoms with Gasteiger partial charge in [0.15, 0.2) is 0 Å². The fourth-order valence-electron chi connectivity index (χ4n) is 0.871. The van der Waals surface area contributed by atoms with E-state index in [9.17, 15) is 9.59 Å². The summed E-state index contributed by atoms with van der Waals surface area (Å²) in [5.41, 5.74) is 0. The molecule has 0 saturated heterocycles. The molecule has 15 heavy (non-hydrogen) atoms. The number of methoxy groups -OCH3 is 2. The first-order valence-corrected chi connectivity index (χ1v) is 4.93. The van der Waals surface area contributed by atoms with Crippen molar-refractivity contribution in [3.63, 3.8) is 0 Å². The van der Waals surface area contributed by atoms with Gasteiger partial charge in [0.2, 0.25) is 0 Å². The molecule has 5 heteroatoms. The van der Waals surface area contributed by atoms with Crippen LogP contribution in [0.3, 0.4) is 0 Å². The SMILES string of the molecule is COC(=O)/C=C/c1ccc(C(=O)OC)s1. The van der Waals surface area contributed by atoms with Gasteiger partial charge in [-0.25, -0.2) is 9.59 Å². The minimum absolute atomic E-state index is 0.377. The Hall–Kier alpha value is -1.62. The highest BCUT2D eigenvalue weighted by atomic mass is 32.1. The van der Waals surface area contributed by atoms with Crippen molar-refractivity contribution in [1.29, 1.82) is 0 Å². The van der Waals surface area contributed by atoms with Crippen LogP contribution in [0.15, 0.2) is 18.2 Å². The average molecular weight is 226 g/mol. The number of thiophene rings is 1. The molecule has 0 radical (unpaired) electrons. The van der Waals surface area contributed by atoms with E-state index in [0.717, 1.165) is 4.88 Å². The van der Waals surface area contributed by atoms with Gasteiger partial charge in [0.05, 0.1) is 14.2 Å². The lowest BCUT2D eigenvalue weighted by Crippen LogP contribution is -1.96. The zero-order valence-corrected chi connectivity index (χ0v) is 9.17. The molecule has 0 saturated carbocycles.